The smallest absolute Gasteiger partial charge is 0.244 e. The zero-order chi connectivity index (χ0) is 13.8. The van der Waals surface area contributed by atoms with Crippen LogP contribution in [-0.4, -0.2) is 25.0 Å². The van der Waals surface area contributed by atoms with Gasteiger partial charge in [0, 0.05) is 14.1 Å². The van der Waals surface area contributed by atoms with Crippen molar-refractivity contribution in [2.24, 2.45) is 0 Å². The van der Waals surface area contributed by atoms with Crippen LogP contribution in [-0.2, 0) is 16.6 Å². The largest absolute Gasteiger partial charge is 0.289 e. The first-order chi connectivity index (χ1) is 8.37. The van der Waals surface area contributed by atoms with E-state index in [1.165, 1.54) is 5.56 Å². The number of hydrogen-bond acceptors (Lipinski definition) is 2. The molecular weight excluding hydrogens is 224 g/mol. The predicted molar refractivity (Wildman–Crippen MR) is 75.3 cm³/mol. The maximum absolute atomic E-state index is 12.1. The maximum atomic E-state index is 12.1. The monoisotopic (exact) mass is 248 g/mol. The molecule has 0 radical (unpaired) electrons. The Morgan fingerprint density at radius 2 is 1.78 bits per heavy atom. The van der Waals surface area contributed by atoms with Gasteiger partial charge >= 0.3 is 0 Å². The summed E-state index contributed by atoms with van der Waals surface area (Å²) in [6, 6.07) is 8.34. The molecule has 1 aromatic carbocycles. The summed E-state index contributed by atoms with van der Waals surface area (Å²) >= 11 is 0. The van der Waals surface area contributed by atoms with Gasteiger partial charge in [0.05, 0.1) is 5.41 Å². The molecule has 3 heteroatoms. The zero-order valence-corrected chi connectivity index (χ0v) is 12.1. The minimum Gasteiger partial charge on any atom is -0.289 e. The summed E-state index contributed by atoms with van der Waals surface area (Å²) in [5.74, 6) is 0.00995. The van der Waals surface area contributed by atoms with Gasteiger partial charge in [-0.2, -0.15) is 0 Å². The lowest BCUT2D eigenvalue weighted by Crippen LogP contribution is -2.46. The first-order valence-electron chi connectivity index (χ1n) is 6.45. The first-order valence-corrected chi connectivity index (χ1v) is 6.45. The second-order valence-corrected chi connectivity index (χ2v) is 5.41. The SMILES string of the molecule is CCCc1ccc(C(C)(C)C(=O)NN(C)C)cc1. The van der Waals surface area contributed by atoms with Gasteiger partial charge < -0.3 is 0 Å². The summed E-state index contributed by atoms with van der Waals surface area (Å²) in [6.07, 6.45) is 2.23. The fourth-order valence-electron chi connectivity index (χ4n) is 1.85. The van der Waals surface area contributed by atoms with Crippen LogP contribution in [0.15, 0.2) is 24.3 Å². The molecule has 0 saturated heterocycles. The molecular formula is C15H24N2O. The van der Waals surface area contributed by atoms with Crippen LogP contribution in [0.3, 0.4) is 0 Å². The highest BCUT2D eigenvalue weighted by atomic mass is 16.2. The number of benzene rings is 1. The van der Waals surface area contributed by atoms with E-state index in [4.69, 9.17) is 0 Å². The van der Waals surface area contributed by atoms with Crippen molar-refractivity contribution in [2.45, 2.75) is 39.0 Å². The quantitative estimate of drug-likeness (QED) is 0.812. The number of aryl methyl sites for hydroxylation is 1. The molecule has 0 atom stereocenters. The van der Waals surface area contributed by atoms with E-state index in [9.17, 15) is 4.79 Å². The molecule has 3 nitrogen and oxygen atoms in total. The third-order valence-electron chi connectivity index (χ3n) is 3.11. The highest BCUT2D eigenvalue weighted by molar-refractivity contribution is 5.86. The molecule has 1 amide bonds. The number of nitrogens with one attached hydrogen (secondary N) is 1. The molecule has 0 aliphatic rings. The van der Waals surface area contributed by atoms with E-state index in [0.717, 1.165) is 18.4 Å². The number of rotatable bonds is 5. The standard InChI is InChI=1S/C15H24N2O/c1-6-7-12-8-10-13(11-9-12)15(2,3)14(18)16-17(4)5/h8-11H,6-7H2,1-5H3,(H,16,18). The van der Waals surface area contributed by atoms with E-state index in [1.54, 1.807) is 5.01 Å². The van der Waals surface area contributed by atoms with Crippen molar-refractivity contribution in [3.8, 4) is 0 Å². The summed E-state index contributed by atoms with van der Waals surface area (Å²) < 4.78 is 0. The lowest BCUT2D eigenvalue weighted by molar-refractivity contribution is -0.129. The van der Waals surface area contributed by atoms with Crippen LogP contribution in [0.2, 0.25) is 0 Å². The van der Waals surface area contributed by atoms with Gasteiger partial charge in [0.1, 0.15) is 0 Å². The third kappa shape index (κ3) is 3.57. The molecule has 0 fully saturated rings. The fourth-order valence-corrected chi connectivity index (χ4v) is 1.85. The lowest BCUT2D eigenvalue weighted by atomic mass is 9.83. The molecule has 0 heterocycles. The zero-order valence-electron chi connectivity index (χ0n) is 12.1. The number of carbonyl (C=O) groups is 1. The molecule has 0 aliphatic carbocycles. The molecule has 0 unspecified atom stereocenters. The van der Waals surface area contributed by atoms with Crippen molar-refractivity contribution < 1.29 is 4.79 Å². The van der Waals surface area contributed by atoms with Crippen LogP contribution >= 0.6 is 0 Å². The Bertz CT molecular complexity index is 393. The number of hydrazine groups is 1. The summed E-state index contributed by atoms with van der Waals surface area (Å²) in [4.78, 5) is 12.1. The Kier molecular flexibility index (Phi) is 4.91. The van der Waals surface area contributed by atoms with Crippen molar-refractivity contribution in [3.05, 3.63) is 35.4 Å². The maximum Gasteiger partial charge on any atom is 0.244 e. The Morgan fingerprint density at radius 3 is 2.22 bits per heavy atom. The van der Waals surface area contributed by atoms with Crippen molar-refractivity contribution >= 4 is 5.91 Å². The van der Waals surface area contributed by atoms with E-state index in [0.29, 0.717) is 0 Å². The van der Waals surface area contributed by atoms with E-state index in [2.05, 4.69) is 36.6 Å². The highest BCUT2D eigenvalue weighted by Gasteiger charge is 2.29. The van der Waals surface area contributed by atoms with Gasteiger partial charge in [-0.1, -0.05) is 37.6 Å². The van der Waals surface area contributed by atoms with Crippen molar-refractivity contribution in [1.82, 2.24) is 10.4 Å². The van der Waals surface area contributed by atoms with E-state index >= 15 is 0 Å². The Labute approximate surface area is 110 Å². The van der Waals surface area contributed by atoms with Gasteiger partial charge in [0.25, 0.3) is 0 Å². The lowest BCUT2D eigenvalue weighted by Gasteiger charge is -2.26. The fraction of sp³-hybridized carbons (Fsp3) is 0.533. The van der Waals surface area contributed by atoms with Crippen LogP contribution in [0, 0.1) is 0 Å². The van der Waals surface area contributed by atoms with E-state index < -0.39 is 5.41 Å². The summed E-state index contributed by atoms with van der Waals surface area (Å²) in [5, 5.41) is 1.68. The van der Waals surface area contributed by atoms with Gasteiger partial charge in [-0.15, -0.1) is 0 Å². The molecule has 1 aromatic rings. The topological polar surface area (TPSA) is 32.3 Å². The molecule has 0 bridgehead atoms. The molecule has 100 valence electrons. The first kappa shape index (κ1) is 14.7. The molecule has 1 N–H and O–H groups in total. The van der Waals surface area contributed by atoms with Crippen molar-refractivity contribution in [1.29, 1.82) is 0 Å². The number of nitrogens with zero attached hydrogens (tertiary/aromatic N) is 1. The van der Waals surface area contributed by atoms with Crippen molar-refractivity contribution in [3.63, 3.8) is 0 Å². The average molecular weight is 248 g/mol. The van der Waals surface area contributed by atoms with Gasteiger partial charge in [-0.3, -0.25) is 10.2 Å². The van der Waals surface area contributed by atoms with Crippen LogP contribution in [0.5, 0.6) is 0 Å². The Morgan fingerprint density at radius 1 is 1.22 bits per heavy atom. The minimum atomic E-state index is -0.519. The molecule has 0 aliphatic heterocycles. The normalized spacial score (nSPS) is 11.7. The summed E-state index contributed by atoms with van der Waals surface area (Å²) in [6.45, 7) is 6.06. The number of carbonyl (C=O) groups excluding carboxylic acids is 1. The molecule has 0 aromatic heterocycles. The Balaban J connectivity index is 2.87. The number of hydrogen-bond donors (Lipinski definition) is 1. The minimum absolute atomic E-state index is 0.00995. The van der Waals surface area contributed by atoms with Gasteiger partial charge in [-0.05, 0) is 31.4 Å². The molecule has 0 saturated carbocycles. The van der Waals surface area contributed by atoms with Crippen LogP contribution in [0.4, 0.5) is 0 Å². The average Bonchev–Trinajstić information content (AvgIpc) is 2.29. The second kappa shape index (κ2) is 6.01. The van der Waals surface area contributed by atoms with Crippen molar-refractivity contribution in [2.75, 3.05) is 14.1 Å². The van der Waals surface area contributed by atoms with E-state index in [-0.39, 0.29) is 5.91 Å². The molecule has 0 spiro atoms. The van der Waals surface area contributed by atoms with Crippen LogP contribution in [0.25, 0.3) is 0 Å². The predicted octanol–water partition coefficient (Wildman–Crippen LogP) is 2.51. The molecule has 18 heavy (non-hydrogen) atoms. The van der Waals surface area contributed by atoms with Gasteiger partial charge in [-0.25, -0.2) is 5.01 Å². The van der Waals surface area contributed by atoms with Crippen LogP contribution < -0.4 is 5.43 Å². The van der Waals surface area contributed by atoms with E-state index in [1.807, 2.05) is 27.9 Å². The van der Waals surface area contributed by atoms with Gasteiger partial charge in [0.2, 0.25) is 5.91 Å². The second-order valence-electron chi connectivity index (χ2n) is 5.41. The van der Waals surface area contributed by atoms with Crippen LogP contribution in [0.1, 0.15) is 38.3 Å². The molecule has 1 rings (SSSR count). The summed E-state index contributed by atoms with van der Waals surface area (Å²) in [7, 11) is 3.64. The highest BCUT2D eigenvalue weighted by Crippen LogP contribution is 2.24. The third-order valence-corrected chi connectivity index (χ3v) is 3.11. The summed E-state index contributed by atoms with van der Waals surface area (Å²) in [5.41, 5.74) is 4.66. The Hall–Kier alpha value is -1.35. The van der Waals surface area contributed by atoms with Gasteiger partial charge in [0.15, 0.2) is 0 Å². The number of amides is 1.